The molecule has 0 amide bonds. The van der Waals surface area contributed by atoms with Crippen molar-refractivity contribution in [3.63, 3.8) is 0 Å². The number of hydrogen-bond acceptors (Lipinski definition) is 2. The molecule has 2 atom stereocenters. The molecule has 0 radical (unpaired) electrons. The lowest BCUT2D eigenvalue weighted by molar-refractivity contribution is -0.376. The van der Waals surface area contributed by atoms with E-state index >= 15 is 0 Å². The minimum absolute atomic E-state index is 0.0377. The molecule has 9 heteroatoms. The second-order valence-corrected chi connectivity index (χ2v) is 7.72. The van der Waals surface area contributed by atoms with Crippen LogP contribution in [0.2, 0.25) is 0 Å². The highest BCUT2D eigenvalue weighted by molar-refractivity contribution is 5.84. The molecule has 0 saturated heterocycles. The Balaban J connectivity index is 2.02. The Kier molecular flexibility index (Phi) is 5.25. The van der Waals surface area contributed by atoms with Gasteiger partial charge < -0.3 is 5.11 Å². The van der Waals surface area contributed by atoms with Crippen LogP contribution in [0.3, 0.4) is 0 Å². The number of benzene rings is 2. The number of rotatable bonds is 3. The third kappa shape index (κ3) is 3.49. The van der Waals surface area contributed by atoms with Gasteiger partial charge in [-0.25, -0.2) is 4.39 Å². The first-order valence-corrected chi connectivity index (χ1v) is 8.94. The molecule has 2 aromatic carbocycles. The smallest absolute Gasteiger partial charge is 0.369 e. The highest BCUT2D eigenvalue weighted by atomic mass is 19.4. The third-order valence-corrected chi connectivity index (χ3v) is 5.82. The number of halogens is 7. The van der Waals surface area contributed by atoms with Crippen molar-refractivity contribution in [3.8, 4) is 0 Å². The van der Waals surface area contributed by atoms with Crippen LogP contribution in [0.5, 0.6) is 0 Å². The molecule has 1 aliphatic rings. The zero-order chi connectivity index (χ0) is 22.5. The van der Waals surface area contributed by atoms with Gasteiger partial charge in [0.15, 0.2) is 0 Å². The Bertz CT molecular complexity index is 916. The van der Waals surface area contributed by atoms with Gasteiger partial charge in [-0.2, -0.15) is 26.3 Å². The van der Waals surface area contributed by atoms with Crippen molar-refractivity contribution in [2.24, 2.45) is 0 Å². The Morgan fingerprint density at radius 2 is 1.40 bits per heavy atom. The predicted octanol–water partition coefficient (Wildman–Crippen LogP) is 5.54. The molecule has 0 aliphatic heterocycles. The molecule has 3 rings (SSSR count). The van der Waals surface area contributed by atoms with Gasteiger partial charge >= 0.3 is 12.4 Å². The van der Waals surface area contributed by atoms with Crippen LogP contribution in [0.4, 0.5) is 30.7 Å². The molecule has 0 heterocycles. The fraction of sp³-hybridized carbons (Fsp3) is 0.381. The van der Waals surface area contributed by atoms with E-state index in [1.54, 1.807) is 6.92 Å². The van der Waals surface area contributed by atoms with Crippen LogP contribution in [-0.2, 0) is 15.8 Å². The Morgan fingerprint density at radius 1 is 0.900 bits per heavy atom. The average molecular weight is 434 g/mol. The van der Waals surface area contributed by atoms with E-state index in [9.17, 15) is 40.6 Å². The summed E-state index contributed by atoms with van der Waals surface area (Å²) < 4.78 is 91.7. The zero-order valence-electron chi connectivity index (χ0n) is 15.6. The van der Waals surface area contributed by atoms with Gasteiger partial charge in [0, 0.05) is 29.7 Å². The fourth-order valence-electron chi connectivity index (χ4n) is 4.12. The molecule has 1 saturated carbocycles. The summed E-state index contributed by atoms with van der Waals surface area (Å²) in [5, 5.41) is 9.52. The van der Waals surface area contributed by atoms with E-state index in [4.69, 9.17) is 0 Å². The molecule has 0 bridgehead atoms. The first-order chi connectivity index (χ1) is 13.7. The maximum absolute atomic E-state index is 13.3. The second-order valence-electron chi connectivity index (χ2n) is 7.72. The monoisotopic (exact) mass is 434 g/mol. The SMILES string of the molecule is CC1(c2ccc(F)cc2)CC(=O)CC1c1ccc(C(O)(C(F)(F)F)C(F)(F)F)cc1. The number of carbonyl (C=O) groups excluding carboxylic acids is 1. The Hall–Kier alpha value is -2.42. The van der Waals surface area contributed by atoms with Gasteiger partial charge in [-0.3, -0.25) is 4.79 Å². The standard InChI is InChI=1S/C21H17F7O2/c1-18(13-6-8-15(22)9-7-13)11-16(29)10-17(18)12-2-4-14(5-3-12)19(30,20(23,24)25)21(26,27)28/h2-9,17,30H,10-11H2,1H3. The number of hydrogen-bond donors (Lipinski definition) is 1. The Labute approximate surface area is 167 Å². The number of alkyl halides is 6. The number of ketones is 1. The second kappa shape index (κ2) is 7.08. The minimum Gasteiger partial charge on any atom is -0.369 e. The first-order valence-electron chi connectivity index (χ1n) is 8.94. The van der Waals surface area contributed by atoms with Gasteiger partial charge in [0.25, 0.3) is 5.60 Å². The fourth-order valence-corrected chi connectivity index (χ4v) is 4.12. The van der Waals surface area contributed by atoms with E-state index in [0.29, 0.717) is 23.3 Å². The van der Waals surface area contributed by atoms with E-state index in [0.717, 1.165) is 12.1 Å². The van der Waals surface area contributed by atoms with Gasteiger partial charge in [0.2, 0.25) is 0 Å². The molecule has 2 unspecified atom stereocenters. The Morgan fingerprint density at radius 3 is 1.87 bits per heavy atom. The van der Waals surface area contributed by atoms with Gasteiger partial charge in [0.05, 0.1) is 0 Å². The van der Waals surface area contributed by atoms with Gasteiger partial charge in [-0.1, -0.05) is 43.3 Å². The summed E-state index contributed by atoms with van der Waals surface area (Å²) in [6.07, 6.45) is -11.8. The molecule has 1 fully saturated rings. The number of aliphatic hydroxyl groups is 1. The molecule has 30 heavy (non-hydrogen) atoms. The van der Waals surface area contributed by atoms with Crippen LogP contribution in [0.25, 0.3) is 0 Å². The van der Waals surface area contributed by atoms with E-state index in [1.165, 1.54) is 24.3 Å². The molecule has 0 aromatic heterocycles. The summed E-state index contributed by atoms with van der Waals surface area (Å²) >= 11 is 0. The van der Waals surface area contributed by atoms with Gasteiger partial charge in [-0.05, 0) is 23.3 Å². The van der Waals surface area contributed by atoms with Crippen molar-refractivity contribution < 1.29 is 40.6 Å². The average Bonchev–Trinajstić information content (AvgIpc) is 2.95. The lowest BCUT2D eigenvalue weighted by atomic mass is 9.71. The molecule has 0 spiro atoms. The van der Waals surface area contributed by atoms with Crippen LogP contribution in [-0.4, -0.2) is 23.2 Å². The highest BCUT2D eigenvalue weighted by Crippen LogP contribution is 2.52. The minimum atomic E-state index is -5.97. The maximum Gasteiger partial charge on any atom is 0.430 e. The summed E-state index contributed by atoms with van der Waals surface area (Å²) in [7, 11) is 0. The van der Waals surface area contributed by atoms with Crippen LogP contribution in [0, 0.1) is 5.82 Å². The van der Waals surface area contributed by atoms with Crippen LogP contribution in [0.15, 0.2) is 48.5 Å². The summed E-state index contributed by atoms with van der Waals surface area (Å²) in [5.74, 6) is -1.14. The summed E-state index contributed by atoms with van der Waals surface area (Å²) in [4.78, 5) is 12.2. The van der Waals surface area contributed by atoms with Crippen molar-refractivity contribution in [2.45, 2.75) is 49.1 Å². The van der Waals surface area contributed by atoms with E-state index < -0.39 is 40.7 Å². The topological polar surface area (TPSA) is 37.3 Å². The molecule has 2 nitrogen and oxygen atoms in total. The lowest BCUT2D eigenvalue weighted by Gasteiger charge is -2.34. The molecule has 2 aromatic rings. The van der Waals surface area contributed by atoms with Crippen molar-refractivity contribution in [2.75, 3.05) is 0 Å². The molecule has 1 aliphatic carbocycles. The molecular weight excluding hydrogens is 417 g/mol. The van der Waals surface area contributed by atoms with Gasteiger partial charge in [0.1, 0.15) is 11.6 Å². The number of Topliss-reactive ketones (excluding diaryl/α,β-unsaturated/α-hetero) is 1. The third-order valence-electron chi connectivity index (χ3n) is 5.82. The van der Waals surface area contributed by atoms with Crippen molar-refractivity contribution in [3.05, 3.63) is 71.0 Å². The van der Waals surface area contributed by atoms with Crippen LogP contribution >= 0.6 is 0 Å². The largest absolute Gasteiger partial charge is 0.430 e. The number of carbonyl (C=O) groups is 1. The van der Waals surface area contributed by atoms with Crippen molar-refractivity contribution in [1.82, 2.24) is 0 Å². The summed E-state index contributed by atoms with van der Waals surface area (Å²) in [6.45, 7) is 1.74. The van der Waals surface area contributed by atoms with Crippen LogP contribution in [0.1, 0.15) is 42.4 Å². The van der Waals surface area contributed by atoms with Crippen molar-refractivity contribution in [1.29, 1.82) is 0 Å². The van der Waals surface area contributed by atoms with Gasteiger partial charge in [-0.15, -0.1) is 0 Å². The normalized spacial score (nSPS) is 23.1. The van der Waals surface area contributed by atoms with Crippen molar-refractivity contribution >= 4 is 5.78 Å². The summed E-state index contributed by atoms with van der Waals surface area (Å²) in [5.41, 5.74) is -6.20. The molecule has 1 N–H and O–H groups in total. The zero-order valence-corrected chi connectivity index (χ0v) is 15.6. The summed E-state index contributed by atoms with van der Waals surface area (Å²) in [6, 6.07) is 8.70. The quantitative estimate of drug-likeness (QED) is 0.644. The predicted molar refractivity (Wildman–Crippen MR) is 93.2 cm³/mol. The maximum atomic E-state index is 13.3. The van der Waals surface area contributed by atoms with E-state index in [1.807, 2.05) is 0 Å². The van der Waals surface area contributed by atoms with E-state index in [2.05, 4.69) is 0 Å². The first kappa shape index (κ1) is 22.3. The highest BCUT2D eigenvalue weighted by Gasteiger charge is 2.71. The lowest BCUT2D eigenvalue weighted by Crippen LogP contribution is -2.53. The van der Waals surface area contributed by atoms with Crippen LogP contribution < -0.4 is 0 Å². The molecule has 162 valence electrons. The molecular formula is C21H17F7O2. The van der Waals surface area contributed by atoms with E-state index in [-0.39, 0.29) is 18.6 Å².